The molecule has 1 aliphatic carbocycles. The van der Waals surface area contributed by atoms with Gasteiger partial charge in [-0.05, 0) is 73.4 Å². The predicted molar refractivity (Wildman–Crippen MR) is 119 cm³/mol. The number of methoxy groups -OCH3 is 1. The van der Waals surface area contributed by atoms with E-state index in [9.17, 15) is 10.1 Å². The zero-order valence-electron chi connectivity index (χ0n) is 18.0. The van der Waals surface area contributed by atoms with Crippen LogP contribution in [-0.4, -0.2) is 30.0 Å². The van der Waals surface area contributed by atoms with Crippen molar-refractivity contribution < 1.29 is 9.66 Å². The number of benzene rings is 2. The Morgan fingerprint density at radius 2 is 1.71 bits per heavy atom. The van der Waals surface area contributed by atoms with Crippen molar-refractivity contribution in [3.05, 3.63) is 69.3 Å². The second kappa shape index (κ2) is 10.9. The molecule has 1 saturated carbocycles. The monoisotopic (exact) mass is 422 g/mol. The highest BCUT2D eigenvalue weighted by molar-refractivity contribution is 5.48. The molecular weight excluding hydrogens is 392 g/mol. The van der Waals surface area contributed by atoms with Crippen molar-refractivity contribution >= 4 is 5.69 Å². The van der Waals surface area contributed by atoms with Crippen LogP contribution in [0, 0.1) is 33.3 Å². The van der Waals surface area contributed by atoms with Crippen LogP contribution in [0.3, 0.4) is 0 Å². The number of hydrogen-bond acceptors (Lipinski definition) is 6. The van der Waals surface area contributed by atoms with Crippen molar-refractivity contribution in [2.75, 3.05) is 20.2 Å². The van der Waals surface area contributed by atoms with Crippen molar-refractivity contribution in [2.24, 2.45) is 17.6 Å². The first kappa shape index (κ1) is 22.7. The number of nitriles is 1. The summed E-state index contributed by atoms with van der Waals surface area (Å²) in [6.07, 6.45) is 4.66. The molecule has 0 heterocycles. The van der Waals surface area contributed by atoms with Gasteiger partial charge in [-0.25, -0.2) is 0 Å². The second-order valence-corrected chi connectivity index (χ2v) is 8.36. The van der Waals surface area contributed by atoms with Crippen LogP contribution in [0.15, 0.2) is 42.5 Å². The van der Waals surface area contributed by atoms with Gasteiger partial charge < -0.3 is 10.5 Å². The molecule has 164 valence electrons. The van der Waals surface area contributed by atoms with Gasteiger partial charge in [0.2, 0.25) is 0 Å². The van der Waals surface area contributed by atoms with Gasteiger partial charge >= 0.3 is 5.69 Å². The summed E-state index contributed by atoms with van der Waals surface area (Å²) in [6.45, 7) is 3.03. The van der Waals surface area contributed by atoms with Gasteiger partial charge in [0.1, 0.15) is 0 Å². The lowest BCUT2D eigenvalue weighted by atomic mass is 9.82. The Labute approximate surface area is 183 Å². The minimum Gasteiger partial charge on any atom is -0.490 e. The molecule has 7 heteroatoms. The zero-order chi connectivity index (χ0) is 22.2. The van der Waals surface area contributed by atoms with Crippen molar-refractivity contribution in [3.8, 4) is 11.8 Å². The molecule has 0 radical (unpaired) electrons. The average Bonchev–Trinajstić information content (AvgIpc) is 2.80. The molecule has 2 N–H and O–H groups in total. The number of hydrogen-bond donors (Lipinski definition) is 1. The maximum atomic E-state index is 11.4. The minimum atomic E-state index is -0.401. The molecule has 3 rings (SSSR count). The van der Waals surface area contributed by atoms with Gasteiger partial charge in [0, 0.05) is 25.7 Å². The number of rotatable bonds is 9. The van der Waals surface area contributed by atoms with Gasteiger partial charge in [0.25, 0.3) is 0 Å². The van der Waals surface area contributed by atoms with Crippen LogP contribution in [0.25, 0.3) is 0 Å². The van der Waals surface area contributed by atoms with Crippen LogP contribution < -0.4 is 10.5 Å². The Morgan fingerprint density at radius 1 is 1.10 bits per heavy atom. The van der Waals surface area contributed by atoms with E-state index in [0.29, 0.717) is 23.9 Å². The molecule has 31 heavy (non-hydrogen) atoms. The lowest BCUT2D eigenvalue weighted by molar-refractivity contribution is -0.385. The highest BCUT2D eigenvalue weighted by Crippen LogP contribution is 2.31. The standard InChI is InChI=1S/C24H30N4O3/c1-31-24-11-10-22(12-23(24)28(29)30)17-27(15-20-6-2-18(13-25)3-7-20)16-21-8-4-19(14-26)5-9-21/h2-3,6-7,10-12,19,21H,4-5,8-9,14-17,26H2,1H3. The molecule has 2 aromatic rings. The van der Waals surface area contributed by atoms with Crippen LogP contribution in [0.1, 0.15) is 42.4 Å². The van der Waals surface area contributed by atoms with Crippen molar-refractivity contribution in [1.29, 1.82) is 5.26 Å². The number of ether oxygens (including phenoxy) is 1. The fourth-order valence-electron chi connectivity index (χ4n) is 4.38. The first-order valence-corrected chi connectivity index (χ1v) is 10.7. The fraction of sp³-hybridized carbons (Fsp3) is 0.458. The molecule has 7 nitrogen and oxygen atoms in total. The fourth-order valence-corrected chi connectivity index (χ4v) is 4.38. The highest BCUT2D eigenvalue weighted by Gasteiger charge is 2.23. The zero-order valence-corrected chi connectivity index (χ0v) is 18.0. The second-order valence-electron chi connectivity index (χ2n) is 8.36. The molecule has 0 aliphatic heterocycles. The minimum absolute atomic E-state index is 0.0122. The van der Waals surface area contributed by atoms with E-state index in [2.05, 4.69) is 11.0 Å². The smallest absolute Gasteiger partial charge is 0.311 e. The van der Waals surface area contributed by atoms with Gasteiger partial charge in [-0.15, -0.1) is 0 Å². The summed E-state index contributed by atoms with van der Waals surface area (Å²) >= 11 is 0. The van der Waals surface area contributed by atoms with Crippen LogP contribution in [0.5, 0.6) is 5.75 Å². The summed E-state index contributed by atoms with van der Waals surface area (Å²) in [5.74, 6) is 1.49. The SMILES string of the molecule is COc1ccc(CN(Cc2ccc(C#N)cc2)CC2CCC(CN)CC2)cc1[N+](=O)[O-]. The number of nitrogens with two attached hydrogens (primary N) is 1. The quantitative estimate of drug-likeness (QED) is 0.478. The molecule has 0 unspecified atom stereocenters. The number of nitro benzene ring substituents is 1. The Bertz CT molecular complexity index is 915. The molecule has 0 bridgehead atoms. The van der Waals surface area contributed by atoms with Crippen LogP contribution in [-0.2, 0) is 13.1 Å². The molecule has 1 fully saturated rings. The van der Waals surface area contributed by atoms with E-state index >= 15 is 0 Å². The van der Waals surface area contributed by atoms with E-state index < -0.39 is 4.92 Å². The summed E-state index contributed by atoms with van der Waals surface area (Å²) in [7, 11) is 1.44. The van der Waals surface area contributed by atoms with Gasteiger partial charge in [-0.1, -0.05) is 18.2 Å². The molecule has 0 atom stereocenters. The molecule has 1 aliphatic rings. The Balaban J connectivity index is 1.77. The molecule has 0 spiro atoms. The summed E-state index contributed by atoms with van der Waals surface area (Å²) < 4.78 is 5.13. The number of nitro groups is 1. The van der Waals surface area contributed by atoms with Crippen molar-refractivity contribution in [2.45, 2.75) is 38.8 Å². The maximum absolute atomic E-state index is 11.4. The third kappa shape index (κ3) is 6.27. The Morgan fingerprint density at radius 3 is 2.29 bits per heavy atom. The maximum Gasteiger partial charge on any atom is 0.311 e. The topological polar surface area (TPSA) is 105 Å². The van der Waals surface area contributed by atoms with Crippen molar-refractivity contribution in [3.63, 3.8) is 0 Å². The Hall–Kier alpha value is -2.95. The van der Waals surface area contributed by atoms with E-state index in [1.165, 1.54) is 20.0 Å². The largest absolute Gasteiger partial charge is 0.490 e. The molecule has 2 aromatic carbocycles. The summed E-state index contributed by atoms with van der Waals surface area (Å²) in [6, 6.07) is 14.9. The van der Waals surface area contributed by atoms with Crippen LogP contribution in [0.4, 0.5) is 5.69 Å². The first-order chi connectivity index (χ1) is 15.0. The van der Waals surface area contributed by atoms with Gasteiger partial charge in [0.15, 0.2) is 5.75 Å². The molecule has 0 amide bonds. The summed E-state index contributed by atoms with van der Waals surface area (Å²) in [5, 5.41) is 20.5. The van der Waals surface area contributed by atoms with E-state index in [4.69, 9.17) is 15.7 Å². The summed E-state index contributed by atoms with van der Waals surface area (Å²) in [5.41, 5.74) is 8.48. The summed E-state index contributed by atoms with van der Waals surface area (Å²) in [4.78, 5) is 13.4. The third-order valence-corrected chi connectivity index (χ3v) is 6.15. The van der Waals surface area contributed by atoms with Gasteiger partial charge in [0.05, 0.1) is 23.7 Å². The third-order valence-electron chi connectivity index (χ3n) is 6.15. The molecule has 0 aromatic heterocycles. The van der Waals surface area contributed by atoms with Crippen LogP contribution >= 0.6 is 0 Å². The molecular formula is C24H30N4O3. The van der Waals surface area contributed by atoms with E-state index in [1.807, 2.05) is 30.3 Å². The van der Waals surface area contributed by atoms with Gasteiger partial charge in [-0.3, -0.25) is 15.0 Å². The van der Waals surface area contributed by atoms with Gasteiger partial charge in [-0.2, -0.15) is 5.26 Å². The lowest BCUT2D eigenvalue weighted by Gasteiger charge is -2.32. The van der Waals surface area contributed by atoms with E-state index in [0.717, 1.165) is 43.6 Å². The molecule has 0 saturated heterocycles. The number of nitrogens with zero attached hydrogens (tertiary/aromatic N) is 3. The highest BCUT2D eigenvalue weighted by atomic mass is 16.6. The predicted octanol–water partition coefficient (Wildman–Crippen LogP) is 4.24. The first-order valence-electron chi connectivity index (χ1n) is 10.7. The van der Waals surface area contributed by atoms with Crippen LogP contribution in [0.2, 0.25) is 0 Å². The van der Waals surface area contributed by atoms with Crippen molar-refractivity contribution in [1.82, 2.24) is 4.90 Å². The van der Waals surface area contributed by atoms with E-state index in [1.54, 1.807) is 12.1 Å². The van der Waals surface area contributed by atoms with E-state index in [-0.39, 0.29) is 11.4 Å². The lowest BCUT2D eigenvalue weighted by Crippen LogP contribution is -2.32. The average molecular weight is 423 g/mol. The Kier molecular flexibility index (Phi) is 7.99. The normalized spacial score (nSPS) is 18.5.